The molecule has 0 aliphatic heterocycles. The summed E-state index contributed by atoms with van der Waals surface area (Å²) in [4.78, 5) is 17.2. The van der Waals surface area contributed by atoms with Crippen LogP contribution in [0.15, 0.2) is 85.1 Å². The fraction of sp³-hybridized carbons (Fsp3) is 0.0741. The van der Waals surface area contributed by atoms with Crippen molar-refractivity contribution >= 4 is 46.3 Å². The van der Waals surface area contributed by atoms with E-state index in [1.165, 1.54) is 0 Å². The zero-order chi connectivity index (χ0) is 24.4. The van der Waals surface area contributed by atoms with Crippen LogP contribution in [-0.4, -0.2) is 20.5 Å². The maximum absolute atomic E-state index is 12.5. The number of nitrogens with zero attached hydrogens (tertiary/aromatic N) is 3. The molecule has 2 heterocycles. The summed E-state index contributed by atoms with van der Waals surface area (Å²) in [5.41, 5.74) is 5.63. The molecule has 0 spiro atoms. The standard InChI is InChI=1S/C27H21Cl2N5O/c1-17-15-31-34-25(14-24(33-26(17)34)22-7-2-3-8-23(22)29)30-16-18-9-11-21(12-10-18)32-27(35)19-5-4-6-20(28)13-19/h2-15,30H,16H2,1H3,(H,32,35). The summed E-state index contributed by atoms with van der Waals surface area (Å²) in [5.74, 6) is 0.593. The number of carbonyl (C=O) groups excluding carboxylic acids is 1. The van der Waals surface area contributed by atoms with Crippen LogP contribution in [0.25, 0.3) is 16.9 Å². The van der Waals surface area contributed by atoms with E-state index in [0.717, 1.165) is 33.8 Å². The van der Waals surface area contributed by atoms with Crippen molar-refractivity contribution in [2.45, 2.75) is 13.5 Å². The highest BCUT2D eigenvalue weighted by molar-refractivity contribution is 6.33. The second-order valence-corrected chi connectivity index (χ2v) is 8.93. The number of hydrogen-bond donors (Lipinski definition) is 2. The molecule has 0 bridgehead atoms. The quantitative estimate of drug-likeness (QED) is 0.266. The molecule has 8 heteroatoms. The van der Waals surface area contributed by atoms with Crippen LogP contribution in [0.5, 0.6) is 0 Å². The number of hydrogen-bond acceptors (Lipinski definition) is 4. The first-order valence-electron chi connectivity index (χ1n) is 11.0. The van der Waals surface area contributed by atoms with Crippen molar-refractivity contribution < 1.29 is 4.79 Å². The molecule has 174 valence electrons. The van der Waals surface area contributed by atoms with Crippen molar-refractivity contribution in [3.8, 4) is 11.3 Å². The van der Waals surface area contributed by atoms with Crippen molar-refractivity contribution in [2.24, 2.45) is 0 Å². The first kappa shape index (κ1) is 22.9. The van der Waals surface area contributed by atoms with Gasteiger partial charge in [0, 0.05) is 45.0 Å². The average molecular weight is 502 g/mol. The molecule has 0 aliphatic carbocycles. The molecule has 1 amide bonds. The lowest BCUT2D eigenvalue weighted by Crippen LogP contribution is -2.12. The number of fused-ring (bicyclic) bond motifs is 1. The van der Waals surface area contributed by atoms with Gasteiger partial charge in [-0.25, -0.2) is 4.98 Å². The lowest BCUT2D eigenvalue weighted by Gasteiger charge is -2.12. The van der Waals surface area contributed by atoms with E-state index in [1.54, 1.807) is 35.0 Å². The van der Waals surface area contributed by atoms with E-state index in [9.17, 15) is 4.79 Å². The van der Waals surface area contributed by atoms with Gasteiger partial charge in [-0.1, -0.05) is 59.6 Å². The highest BCUT2D eigenvalue weighted by atomic mass is 35.5. The number of anilines is 2. The van der Waals surface area contributed by atoms with Gasteiger partial charge in [-0.05, 0) is 48.9 Å². The van der Waals surface area contributed by atoms with Gasteiger partial charge >= 0.3 is 0 Å². The molecule has 2 N–H and O–H groups in total. The number of benzene rings is 3. The molecule has 0 unspecified atom stereocenters. The Labute approximate surface area is 212 Å². The number of carbonyl (C=O) groups is 1. The van der Waals surface area contributed by atoms with E-state index < -0.39 is 0 Å². The Hall–Kier alpha value is -3.87. The minimum absolute atomic E-state index is 0.210. The molecular formula is C27H21Cl2N5O. The number of nitrogens with one attached hydrogen (secondary N) is 2. The Bertz CT molecular complexity index is 1530. The van der Waals surface area contributed by atoms with E-state index >= 15 is 0 Å². The van der Waals surface area contributed by atoms with Gasteiger partial charge < -0.3 is 10.6 Å². The number of amides is 1. The second kappa shape index (κ2) is 9.78. The largest absolute Gasteiger partial charge is 0.366 e. The summed E-state index contributed by atoms with van der Waals surface area (Å²) in [5, 5.41) is 12.0. The summed E-state index contributed by atoms with van der Waals surface area (Å²) in [6.45, 7) is 2.54. The summed E-state index contributed by atoms with van der Waals surface area (Å²) in [7, 11) is 0. The Morgan fingerprint density at radius 3 is 2.54 bits per heavy atom. The second-order valence-electron chi connectivity index (χ2n) is 8.08. The van der Waals surface area contributed by atoms with Crippen molar-refractivity contribution in [3.63, 3.8) is 0 Å². The van der Waals surface area contributed by atoms with E-state index in [-0.39, 0.29) is 5.91 Å². The molecular weight excluding hydrogens is 481 g/mol. The SMILES string of the molecule is Cc1cnn2c(NCc3ccc(NC(=O)c4cccc(Cl)c4)cc3)cc(-c3ccccc3Cl)nc12. The molecule has 0 atom stereocenters. The lowest BCUT2D eigenvalue weighted by molar-refractivity contribution is 0.102. The van der Waals surface area contributed by atoms with E-state index in [1.807, 2.05) is 61.5 Å². The van der Waals surface area contributed by atoms with Crippen LogP contribution in [0, 0.1) is 6.92 Å². The van der Waals surface area contributed by atoms with Crippen molar-refractivity contribution in [1.82, 2.24) is 14.6 Å². The first-order valence-corrected chi connectivity index (χ1v) is 11.7. The van der Waals surface area contributed by atoms with Crippen LogP contribution >= 0.6 is 23.2 Å². The molecule has 5 aromatic rings. The van der Waals surface area contributed by atoms with Gasteiger partial charge in [0.2, 0.25) is 0 Å². The third-order valence-electron chi connectivity index (χ3n) is 5.57. The van der Waals surface area contributed by atoms with Crippen LogP contribution in [0.2, 0.25) is 10.0 Å². The molecule has 0 saturated carbocycles. The molecule has 0 saturated heterocycles. The summed E-state index contributed by atoms with van der Waals surface area (Å²) >= 11 is 12.4. The van der Waals surface area contributed by atoms with E-state index in [4.69, 9.17) is 28.2 Å². The number of aromatic nitrogens is 3. The van der Waals surface area contributed by atoms with Gasteiger partial charge in [0.1, 0.15) is 5.82 Å². The monoisotopic (exact) mass is 501 g/mol. The molecule has 35 heavy (non-hydrogen) atoms. The molecule has 0 radical (unpaired) electrons. The minimum atomic E-state index is -0.210. The molecule has 3 aromatic carbocycles. The van der Waals surface area contributed by atoms with Gasteiger partial charge in [-0.2, -0.15) is 9.61 Å². The molecule has 6 nitrogen and oxygen atoms in total. The summed E-state index contributed by atoms with van der Waals surface area (Å²) < 4.78 is 1.79. The third kappa shape index (κ3) is 4.99. The highest BCUT2D eigenvalue weighted by Gasteiger charge is 2.13. The lowest BCUT2D eigenvalue weighted by atomic mass is 10.1. The van der Waals surface area contributed by atoms with E-state index in [0.29, 0.717) is 27.8 Å². The van der Waals surface area contributed by atoms with Crippen LogP contribution < -0.4 is 10.6 Å². The molecule has 0 fully saturated rings. The first-order chi connectivity index (χ1) is 17.0. The smallest absolute Gasteiger partial charge is 0.255 e. The maximum Gasteiger partial charge on any atom is 0.255 e. The predicted molar refractivity (Wildman–Crippen MR) is 141 cm³/mol. The summed E-state index contributed by atoms with van der Waals surface area (Å²) in [6, 6.07) is 24.1. The van der Waals surface area contributed by atoms with Gasteiger partial charge in [-0.3, -0.25) is 4.79 Å². The fourth-order valence-corrected chi connectivity index (χ4v) is 4.16. The Morgan fingerprint density at radius 2 is 1.77 bits per heavy atom. The average Bonchev–Trinajstić information content (AvgIpc) is 3.24. The van der Waals surface area contributed by atoms with Gasteiger partial charge in [0.15, 0.2) is 5.65 Å². The van der Waals surface area contributed by atoms with Crippen molar-refractivity contribution in [2.75, 3.05) is 10.6 Å². The Morgan fingerprint density at radius 1 is 0.971 bits per heavy atom. The molecule has 5 rings (SSSR count). The number of rotatable bonds is 6. The van der Waals surface area contributed by atoms with Crippen LogP contribution in [0.4, 0.5) is 11.5 Å². The number of aryl methyl sites for hydroxylation is 1. The van der Waals surface area contributed by atoms with Gasteiger partial charge in [-0.15, -0.1) is 0 Å². The molecule has 0 aliphatic rings. The Balaban J connectivity index is 1.34. The number of halogens is 2. The van der Waals surface area contributed by atoms with Crippen LogP contribution in [-0.2, 0) is 6.54 Å². The summed E-state index contributed by atoms with van der Waals surface area (Å²) in [6.07, 6.45) is 1.79. The predicted octanol–water partition coefficient (Wildman–Crippen LogP) is 6.88. The topological polar surface area (TPSA) is 71.3 Å². The van der Waals surface area contributed by atoms with Crippen molar-refractivity contribution in [1.29, 1.82) is 0 Å². The van der Waals surface area contributed by atoms with Crippen LogP contribution in [0.1, 0.15) is 21.5 Å². The zero-order valence-corrected chi connectivity index (χ0v) is 20.3. The maximum atomic E-state index is 12.5. The van der Waals surface area contributed by atoms with Gasteiger partial charge in [0.25, 0.3) is 5.91 Å². The Kier molecular flexibility index (Phi) is 6.40. The minimum Gasteiger partial charge on any atom is -0.366 e. The zero-order valence-electron chi connectivity index (χ0n) is 18.8. The molecule has 2 aromatic heterocycles. The van der Waals surface area contributed by atoms with Crippen molar-refractivity contribution in [3.05, 3.63) is 112 Å². The third-order valence-corrected chi connectivity index (χ3v) is 6.13. The van der Waals surface area contributed by atoms with Gasteiger partial charge in [0.05, 0.1) is 11.9 Å². The fourth-order valence-electron chi connectivity index (χ4n) is 3.74. The van der Waals surface area contributed by atoms with Crippen LogP contribution in [0.3, 0.4) is 0 Å². The highest BCUT2D eigenvalue weighted by Crippen LogP contribution is 2.29. The van der Waals surface area contributed by atoms with E-state index in [2.05, 4.69) is 15.7 Å². The normalized spacial score (nSPS) is 10.9.